The minimum atomic E-state index is -0.0277. The minimum Gasteiger partial charge on any atom is -0.497 e. The number of thiazole rings is 1. The Bertz CT molecular complexity index is 867. The molecule has 1 aromatic heterocycles. The number of benzene rings is 2. The molecule has 0 aliphatic carbocycles. The van der Waals surface area contributed by atoms with Crippen LogP contribution in [0.4, 0.5) is 0 Å². The van der Waals surface area contributed by atoms with Gasteiger partial charge in [-0.15, -0.1) is 11.3 Å². The van der Waals surface area contributed by atoms with Gasteiger partial charge in [0.15, 0.2) is 4.34 Å². The first kappa shape index (κ1) is 17.1. The van der Waals surface area contributed by atoms with Gasteiger partial charge in [-0.05, 0) is 35.9 Å². The van der Waals surface area contributed by atoms with Crippen molar-refractivity contribution in [1.29, 1.82) is 0 Å². The summed E-state index contributed by atoms with van der Waals surface area (Å²) in [7, 11) is 1.62. The second kappa shape index (κ2) is 7.88. The zero-order chi connectivity index (χ0) is 16.9. The Kier molecular flexibility index (Phi) is 5.60. The van der Waals surface area contributed by atoms with Gasteiger partial charge in [0.05, 0.1) is 23.1 Å². The summed E-state index contributed by atoms with van der Waals surface area (Å²) in [5.74, 6) is 1.08. The van der Waals surface area contributed by atoms with Crippen LogP contribution in [0.15, 0.2) is 46.8 Å². The molecule has 0 atom stereocenters. The zero-order valence-electron chi connectivity index (χ0n) is 12.9. The molecule has 1 N–H and O–H groups in total. The van der Waals surface area contributed by atoms with Crippen LogP contribution in [0.25, 0.3) is 10.2 Å². The number of aromatic nitrogens is 1. The van der Waals surface area contributed by atoms with E-state index in [0.717, 1.165) is 25.9 Å². The van der Waals surface area contributed by atoms with Gasteiger partial charge in [0.25, 0.3) is 0 Å². The van der Waals surface area contributed by atoms with Gasteiger partial charge in [-0.1, -0.05) is 35.5 Å². The van der Waals surface area contributed by atoms with Crippen molar-refractivity contribution in [3.8, 4) is 5.75 Å². The van der Waals surface area contributed by atoms with E-state index in [1.807, 2.05) is 42.5 Å². The maximum Gasteiger partial charge on any atom is 0.230 e. The summed E-state index contributed by atoms with van der Waals surface area (Å²) in [5.41, 5.74) is 1.87. The average Bonchev–Trinajstić information content (AvgIpc) is 3.00. The highest BCUT2D eigenvalue weighted by atomic mass is 35.5. The first-order valence-corrected chi connectivity index (χ1v) is 9.40. The van der Waals surface area contributed by atoms with Crippen LogP contribution < -0.4 is 10.1 Å². The number of amides is 1. The van der Waals surface area contributed by atoms with Gasteiger partial charge in [0, 0.05) is 11.6 Å². The summed E-state index contributed by atoms with van der Waals surface area (Å²) in [6.45, 7) is 0.478. The third kappa shape index (κ3) is 4.41. The van der Waals surface area contributed by atoms with E-state index in [0.29, 0.717) is 17.3 Å². The number of ether oxygens (including phenoxy) is 1. The Labute approximate surface area is 153 Å². The molecule has 1 amide bonds. The number of carbonyl (C=O) groups is 1. The molecular formula is C17H15ClN2O2S2. The van der Waals surface area contributed by atoms with Crippen LogP contribution in [-0.2, 0) is 11.3 Å². The van der Waals surface area contributed by atoms with E-state index < -0.39 is 0 Å². The summed E-state index contributed by atoms with van der Waals surface area (Å²) in [6.07, 6.45) is 0. The van der Waals surface area contributed by atoms with Gasteiger partial charge in [0.2, 0.25) is 5.91 Å². The lowest BCUT2D eigenvalue weighted by molar-refractivity contribution is -0.118. The van der Waals surface area contributed by atoms with Gasteiger partial charge in [-0.2, -0.15) is 0 Å². The quantitative estimate of drug-likeness (QED) is 0.647. The lowest BCUT2D eigenvalue weighted by Crippen LogP contribution is -2.24. The predicted octanol–water partition coefficient (Wildman–Crippen LogP) is 4.37. The Balaban J connectivity index is 1.52. The van der Waals surface area contributed by atoms with Gasteiger partial charge in [0.1, 0.15) is 5.75 Å². The number of hydrogen-bond acceptors (Lipinski definition) is 5. The Morgan fingerprint density at radius 2 is 2.21 bits per heavy atom. The van der Waals surface area contributed by atoms with Crippen molar-refractivity contribution in [2.24, 2.45) is 0 Å². The largest absolute Gasteiger partial charge is 0.497 e. The van der Waals surface area contributed by atoms with Crippen LogP contribution >= 0.6 is 34.7 Å². The Hall–Kier alpha value is -1.76. The lowest BCUT2D eigenvalue weighted by atomic mass is 10.2. The van der Waals surface area contributed by atoms with Crippen molar-refractivity contribution in [2.75, 3.05) is 12.9 Å². The van der Waals surface area contributed by atoms with Crippen molar-refractivity contribution in [3.63, 3.8) is 0 Å². The molecule has 4 nitrogen and oxygen atoms in total. The van der Waals surface area contributed by atoms with E-state index in [2.05, 4.69) is 10.3 Å². The molecule has 0 unspecified atom stereocenters. The number of hydrogen-bond donors (Lipinski definition) is 1. The second-order valence-corrected chi connectivity index (χ2v) is 7.70. The van der Waals surface area contributed by atoms with Gasteiger partial charge >= 0.3 is 0 Å². The molecule has 3 aromatic rings. The summed E-state index contributed by atoms with van der Waals surface area (Å²) in [6, 6.07) is 13.3. The molecule has 0 fully saturated rings. The van der Waals surface area contributed by atoms with E-state index in [-0.39, 0.29) is 5.91 Å². The molecule has 0 spiro atoms. The minimum absolute atomic E-state index is 0.0277. The molecule has 0 saturated heterocycles. The molecule has 0 radical (unpaired) electrons. The van der Waals surface area contributed by atoms with Gasteiger partial charge in [-0.3, -0.25) is 4.79 Å². The highest BCUT2D eigenvalue weighted by molar-refractivity contribution is 8.01. The fraction of sp³-hybridized carbons (Fsp3) is 0.176. The number of nitrogens with zero attached hydrogens (tertiary/aromatic N) is 1. The van der Waals surface area contributed by atoms with Crippen LogP contribution in [0, 0.1) is 0 Å². The Morgan fingerprint density at radius 3 is 3.04 bits per heavy atom. The maximum atomic E-state index is 12.0. The number of methoxy groups -OCH3 is 1. The number of thioether (sulfide) groups is 1. The normalized spacial score (nSPS) is 10.8. The van der Waals surface area contributed by atoms with Crippen LogP contribution in [0.2, 0.25) is 5.02 Å². The topological polar surface area (TPSA) is 51.2 Å². The third-order valence-electron chi connectivity index (χ3n) is 3.28. The Morgan fingerprint density at radius 1 is 1.33 bits per heavy atom. The maximum absolute atomic E-state index is 12.0. The first-order valence-electron chi connectivity index (χ1n) is 7.22. The van der Waals surface area contributed by atoms with Crippen LogP contribution in [0.3, 0.4) is 0 Å². The fourth-order valence-electron chi connectivity index (χ4n) is 2.10. The van der Waals surface area contributed by atoms with Crippen molar-refractivity contribution >= 4 is 50.8 Å². The van der Waals surface area contributed by atoms with Crippen molar-refractivity contribution in [3.05, 3.63) is 53.1 Å². The molecule has 0 saturated carbocycles. The predicted molar refractivity (Wildman–Crippen MR) is 100 cm³/mol. The van der Waals surface area contributed by atoms with E-state index in [9.17, 15) is 4.79 Å². The van der Waals surface area contributed by atoms with Crippen molar-refractivity contribution < 1.29 is 9.53 Å². The average molecular weight is 379 g/mol. The molecular weight excluding hydrogens is 364 g/mol. The number of halogens is 1. The molecule has 1 heterocycles. The van der Waals surface area contributed by atoms with E-state index >= 15 is 0 Å². The molecule has 3 rings (SSSR count). The van der Waals surface area contributed by atoms with Crippen molar-refractivity contribution in [1.82, 2.24) is 10.3 Å². The molecule has 7 heteroatoms. The van der Waals surface area contributed by atoms with Gasteiger partial charge in [-0.25, -0.2) is 4.98 Å². The monoisotopic (exact) mass is 378 g/mol. The number of carbonyl (C=O) groups excluding carboxylic acids is 1. The molecule has 0 aliphatic rings. The van der Waals surface area contributed by atoms with E-state index in [4.69, 9.17) is 16.3 Å². The highest BCUT2D eigenvalue weighted by Crippen LogP contribution is 2.30. The van der Waals surface area contributed by atoms with Gasteiger partial charge < -0.3 is 10.1 Å². The zero-order valence-corrected chi connectivity index (χ0v) is 15.3. The van der Waals surface area contributed by atoms with Crippen LogP contribution in [0.1, 0.15) is 5.56 Å². The molecule has 0 bridgehead atoms. The fourth-order valence-corrected chi connectivity index (χ4v) is 4.15. The number of nitrogens with one attached hydrogen (secondary N) is 1. The summed E-state index contributed by atoms with van der Waals surface area (Å²) < 4.78 is 7.10. The van der Waals surface area contributed by atoms with Crippen LogP contribution in [-0.4, -0.2) is 23.8 Å². The molecule has 0 aliphatic heterocycles. The smallest absolute Gasteiger partial charge is 0.230 e. The summed E-state index contributed by atoms with van der Waals surface area (Å²) >= 11 is 8.96. The third-order valence-corrected chi connectivity index (χ3v) is 5.70. The second-order valence-electron chi connectivity index (χ2n) is 5.01. The summed E-state index contributed by atoms with van der Waals surface area (Å²) in [4.78, 5) is 16.5. The summed E-state index contributed by atoms with van der Waals surface area (Å²) in [5, 5.41) is 3.57. The van der Waals surface area contributed by atoms with Crippen molar-refractivity contribution in [2.45, 2.75) is 10.9 Å². The van der Waals surface area contributed by atoms with E-state index in [1.54, 1.807) is 18.4 Å². The van der Waals surface area contributed by atoms with E-state index in [1.165, 1.54) is 11.8 Å². The highest BCUT2D eigenvalue weighted by Gasteiger charge is 2.08. The van der Waals surface area contributed by atoms with Crippen LogP contribution in [0.5, 0.6) is 5.75 Å². The molecule has 2 aromatic carbocycles. The molecule has 24 heavy (non-hydrogen) atoms. The number of fused-ring (bicyclic) bond motifs is 1. The standard InChI is InChI=1S/C17H15ClN2O2S2/c1-22-13-4-2-3-11(7-13)9-19-16(21)10-23-17-20-14-8-12(18)5-6-15(14)24-17/h2-8H,9-10H2,1H3,(H,19,21). The lowest BCUT2D eigenvalue weighted by Gasteiger charge is -2.06. The number of rotatable bonds is 6. The first-order chi connectivity index (χ1) is 11.6. The molecule has 124 valence electrons. The SMILES string of the molecule is COc1cccc(CNC(=O)CSc2nc3cc(Cl)ccc3s2)c1.